The Bertz CT molecular complexity index is 2750. The van der Waals surface area contributed by atoms with Gasteiger partial charge in [0.05, 0.1) is 15.9 Å². The average Bonchev–Trinajstić information content (AvgIpc) is 3.90. The van der Waals surface area contributed by atoms with Gasteiger partial charge in [0.1, 0.15) is 0 Å². The third kappa shape index (κ3) is 5.24. The number of nitrogens with zero attached hydrogens (tertiary/aromatic N) is 4. The summed E-state index contributed by atoms with van der Waals surface area (Å²) in [6.07, 6.45) is 0. The van der Waals surface area contributed by atoms with Crippen LogP contribution < -0.4 is 0 Å². The fourth-order valence-corrected chi connectivity index (χ4v) is 9.30. The molecule has 0 saturated heterocycles. The highest BCUT2D eigenvalue weighted by atomic mass is 32.1. The minimum absolute atomic E-state index is 0.674. The summed E-state index contributed by atoms with van der Waals surface area (Å²) in [7, 11) is 0. The van der Waals surface area contributed by atoms with Crippen LogP contribution in [0.25, 0.3) is 91.9 Å². The lowest BCUT2D eigenvalue weighted by Gasteiger charge is -2.08. The molecule has 0 atom stereocenters. The average molecular weight is 689 g/mol. The van der Waals surface area contributed by atoms with Crippen LogP contribution in [0, 0.1) is 0 Å². The molecule has 240 valence electrons. The topological polar surface area (TPSA) is 43.6 Å². The molecule has 51 heavy (non-hydrogen) atoms. The van der Waals surface area contributed by atoms with Crippen molar-refractivity contribution in [2.24, 2.45) is 0 Å². The minimum Gasteiger partial charge on any atom is -0.309 e. The van der Waals surface area contributed by atoms with Crippen molar-refractivity contribution < 1.29 is 0 Å². The first-order chi connectivity index (χ1) is 25.3. The predicted molar refractivity (Wildman–Crippen MR) is 215 cm³/mol. The van der Waals surface area contributed by atoms with Gasteiger partial charge in [0.25, 0.3) is 0 Å². The maximum absolute atomic E-state index is 4.98. The van der Waals surface area contributed by atoms with Gasteiger partial charge in [-0.3, -0.25) is 0 Å². The Kier molecular flexibility index (Phi) is 7.15. The molecule has 0 amide bonds. The minimum atomic E-state index is 0.674. The summed E-state index contributed by atoms with van der Waals surface area (Å²) in [5, 5.41) is 2.51. The maximum atomic E-state index is 4.98. The van der Waals surface area contributed by atoms with Gasteiger partial charge in [0.15, 0.2) is 17.5 Å². The first-order valence-electron chi connectivity index (χ1n) is 16.9. The molecule has 0 saturated carbocycles. The Balaban J connectivity index is 1.13. The molecule has 4 aromatic heterocycles. The predicted octanol–water partition coefficient (Wildman–Crippen LogP) is 12.6. The quantitative estimate of drug-likeness (QED) is 0.175. The van der Waals surface area contributed by atoms with Crippen LogP contribution in [0.4, 0.5) is 0 Å². The van der Waals surface area contributed by atoms with Crippen molar-refractivity contribution in [2.75, 3.05) is 0 Å². The first-order valence-corrected chi connectivity index (χ1v) is 18.5. The summed E-state index contributed by atoms with van der Waals surface area (Å²) >= 11 is 3.56. The molecule has 0 aliphatic carbocycles. The molecule has 0 bridgehead atoms. The molecule has 0 N–H and O–H groups in total. The SMILES string of the molecule is c1ccc(-c2ccc3c(c2)c2c(-c4cc5sc(-c6nc(-c7ccccc7)nc(-c7ccccc7)n6)cc5s4)cccc2n3-c2ccccc2)cc1. The zero-order valence-electron chi connectivity index (χ0n) is 27.3. The van der Waals surface area contributed by atoms with Crippen LogP contribution in [0.5, 0.6) is 0 Å². The standard InChI is InChI=1S/C45H28N4S2/c1-5-14-29(15-6-1)32-24-25-36-35(26-32)42-34(22-13-23-37(42)49(36)33-20-11-4-12-21-33)38-27-39-40(50-38)28-41(51-39)45-47-43(30-16-7-2-8-17-30)46-44(48-45)31-18-9-3-10-19-31/h1-28H. The van der Waals surface area contributed by atoms with Crippen LogP contribution in [0.3, 0.4) is 0 Å². The summed E-state index contributed by atoms with van der Waals surface area (Å²) in [6, 6.07) is 59.8. The lowest BCUT2D eigenvalue weighted by Crippen LogP contribution is -1.99. The molecule has 4 heterocycles. The van der Waals surface area contributed by atoms with Crippen molar-refractivity contribution in [3.05, 3.63) is 170 Å². The van der Waals surface area contributed by atoms with E-state index in [1.165, 1.54) is 52.8 Å². The van der Waals surface area contributed by atoms with E-state index >= 15 is 0 Å². The molecular weight excluding hydrogens is 661 g/mol. The van der Waals surface area contributed by atoms with E-state index in [0.29, 0.717) is 17.5 Å². The van der Waals surface area contributed by atoms with Gasteiger partial charge in [0, 0.05) is 47.4 Å². The summed E-state index contributed by atoms with van der Waals surface area (Å²) in [6.45, 7) is 0. The third-order valence-electron chi connectivity index (χ3n) is 9.30. The highest BCUT2D eigenvalue weighted by Gasteiger charge is 2.20. The van der Waals surface area contributed by atoms with E-state index in [2.05, 4.69) is 114 Å². The third-order valence-corrected chi connectivity index (χ3v) is 11.6. The summed E-state index contributed by atoms with van der Waals surface area (Å²) in [5.74, 6) is 2.04. The highest BCUT2D eigenvalue weighted by Crippen LogP contribution is 2.46. The first kappa shape index (κ1) is 29.7. The van der Waals surface area contributed by atoms with Crippen LogP contribution in [-0.4, -0.2) is 19.5 Å². The van der Waals surface area contributed by atoms with Gasteiger partial charge in [-0.1, -0.05) is 127 Å². The second-order valence-electron chi connectivity index (χ2n) is 12.5. The lowest BCUT2D eigenvalue weighted by molar-refractivity contribution is 1.08. The zero-order valence-corrected chi connectivity index (χ0v) is 28.9. The largest absolute Gasteiger partial charge is 0.309 e. The van der Waals surface area contributed by atoms with Crippen LogP contribution in [-0.2, 0) is 0 Å². The van der Waals surface area contributed by atoms with Crippen LogP contribution in [0.15, 0.2) is 170 Å². The van der Waals surface area contributed by atoms with Crippen LogP contribution >= 0.6 is 22.7 Å². The smallest absolute Gasteiger partial charge is 0.174 e. The van der Waals surface area contributed by atoms with Gasteiger partial charge in [0.2, 0.25) is 0 Å². The molecule has 0 unspecified atom stereocenters. The number of fused-ring (bicyclic) bond motifs is 4. The normalized spacial score (nSPS) is 11.5. The van der Waals surface area contributed by atoms with Crippen molar-refractivity contribution in [3.63, 3.8) is 0 Å². The van der Waals surface area contributed by atoms with E-state index in [0.717, 1.165) is 21.7 Å². The molecule has 0 spiro atoms. The molecule has 10 aromatic rings. The van der Waals surface area contributed by atoms with Crippen molar-refractivity contribution in [2.45, 2.75) is 0 Å². The highest BCUT2D eigenvalue weighted by molar-refractivity contribution is 7.31. The van der Waals surface area contributed by atoms with Crippen LogP contribution in [0.1, 0.15) is 0 Å². The van der Waals surface area contributed by atoms with Crippen LogP contribution in [0.2, 0.25) is 0 Å². The summed E-state index contributed by atoms with van der Waals surface area (Å²) in [4.78, 5) is 17.1. The molecule has 4 nitrogen and oxygen atoms in total. The number of rotatable bonds is 6. The van der Waals surface area contributed by atoms with Crippen molar-refractivity contribution in [1.29, 1.82) is 0 Å². The molecule has 0 aliphatic rings. The van der Waals surface area contributed by atoms with Crippen molar-refractivity contribution in [1.82, 2.24) is 19.5 Å². The summed E-state index contributed by atoms with van der Waals surface area (Å²) < 4.78 is 4.84. The summed E-state index contributed by atoms with van der Waals surface area (Å²) in [5.41, 5.74) is 9.15. The fourth-order valence-electron chi connectivity index (χ4n) is 6.94. The number of benzene rings is 6. The van der Waals surface area contributed by atoms with Gasteiger partial charge in [-0.25, -0.2) is 15.0 Å². The van der Waals surface area contributed by atoms with E-state index in [9.17, 15) is 0 Å². The number of hydrogen-bond acceptors (Lipinski definition) is 5. The van der Waals surface area contributed by atoms with Crippen molar-refractivity contribution in [3.8, 4) is 60.7 Å². The van der Waals surface area contributed by atoms with E-state index in [1.54, 1.807) is 11.3 Å². The Morgan fingerprint density at radius 3 is 1.59 bits per heavy atom. The maximum Gasteiger partial charge on any atom is 0.174 e. The molecule has 0 radical (unpaired) electrons. The lowest BCUT2D eigenvalue weighted by atomic mass is 10.0. The van der Waals surface area contributed by atoms with Gasteiger partial charge in [-0.2, -0.15) is 0 Å². The molecule has 0 aliphatic heterocycles. The van der Waals surface area contributed by atoms with Crippen molar-refractivity contribution >= 4 is 53.9 Å². The van der Waals surface area contributed by atoms with E-state index in [-0.39, 0.29) is 0 Å². The van der Waals surface area contributed by atoms with Gasteiger partial charge < -0.3 is 4.57 Å². The van der Waals surface area contributed by atoms with Gasteiger partial charge >= 0.3 is 0 Å². The molecule has 6 aromatic carbocycles. The number of aromatic nitrogens is 4. The number of para-hydroxylation sites is 1. The van der Waals surface area contributed by atoms with Gasteiger partial charge in [-0.05, 0) is 53.6 Å². The van der Waals surface area contributed by atoms with E-state index in [4.69, 9.17) is 15.0 Å². The number of thiophene rings is 2. The molecular formula is C45H28N4S2. The molecule has 6 heteroatoms. The Hall–Kier alpha value is -6.21. The fraction of sp³-hybridized carbons (Fsp3) is 0. The Morgan fingerprint density at radius 1 is 0.392 bits per heavy atom. The Labute approximate surface area is 302 Å². The van der Waals surface area contributed by atoms with Gasteiger partial charge in [-0.15, -0.1) is 22.7 Å². The Morgan fingerprint density at radius 2 is 0.941 bits per heavy atom. The zero-order chi connectivity index (χ0) is 33.7. The molecule has 0 fully saturated rings. The van der Waals surface area contributed by atoms with E-state index in [1.807, 2.05) is 72.0 Å². The monoisotopic (exact) mass is 688 g/mol. The molecule has 10 rings (SSSR count). The van der Waals surface area contributed by atoms with E-state index < -0.39 is 0 Å². The number of hydrogen-bond donors (Lipinski definition) is 0. The second kappa shape index (κ2) is 12.3. The second-order valence-corrected chi connectivity index (χ2v) is 14.6.